The van der Waals surface area contributed by atoms with Gasteiger partial charge < -0.3 is 0 Å². The van der Waals surface area contributed by atoms with Crippen molar-refractivity contribution >= 4 is 0 Å². The van der Waals surface area contributed by atoms with E-state index in [4.69, 9.17) is 0 Å². The van der Waals surface area contributed by atoms with Gasteiger partial charge in [0.2, 0.25) is 0 Å². The topological polar surface area (TPSA) is 0 Å². The highest BCUT2D eigenvalue weighted by atomic mass is 19.2. The molecule has 0 fully saturated rings. The van der Waals surface area contributed by atoms with E-state index < -0.39 is 11.6 Å². The van der Waals surface area contributed by atoms with Gasteiger partial charge in [-0.05, 0) is 48.9 Å². The summed E-state index contributed by atoms with van der Waals surface area (Å²) in [6, 6.07) is 2.70. The molecule has 0 atom stereocenters. The van der Waals surface area contributed by atoms with E-state index in [2.05, 4.69) is 13.0 Å². The average molecular weight is 236 g/mol. The number of unbranched alkanes of at least 4 members (excludes halogenated alkanes) is 2. The molecule has 0 bridgehead atoms. The monoisotopic (exact) mass is 236 g/mol. The van der Waals surface area contributed by atoms with Crippen molar-refractivity contribution in [3.05, 3.63) is 46.5 Å². The van der Waals surface area contributed by atoms with Crippen molar-refractivity contribution in [3.63, 3.8) is 0 Å². The number of hydrogen-bond acceptors (Lipinski definition) is 0. The van der Waals surface area contributed by atoms with Crippen molar-refractivity contribution in [2.75, 3.05) is 0 Å². The van der Waals surface area contributed by atoms with Crippen LogP contribution in [-0.2, 0) is 12.8 Å². The van der Waals surface area contributed by atoms with E-state index in [0.29, 0.717) is 0 Å². The highest BCUT2D eigenvalue weighted by molar-refractivity contribution is 5.37. The van der Waals surface area contributed by atoms with Crippen LogP contribution in [0.15, 0.2) is 23.8 Å². The molecule has 1 aliphatic carbocycles. The maximum Gasteiger partial charge on any atom is 0.159 e. The molecule has 0 nitrogen and oxygen atoms in total. The van der Waals surface area contributed by atoms with Crippen LogP contribution in [-0.4, -0.2) is 0 Å². The van der Waals surface area contributed by atoms with Crippen LogP contribution >= 0.6 is 0 Å². The molecule has 0 aliphatic heterocycles. The van der Waals surface area contributed by atoms with Gasteiger partial charge in [0, 0.05) is 0 Å². The Morgan fingerprint density at radius 3 is 2.47 bits per heavy atom. The third-order valence-electron chi connectivity index (χ3n) is 3.37. The summed E-state index contributed by atoms with van der Waals surface area (Å²) in [5.41, 5.74) is 3.26. The lowest BCUT2D eigenvalue weighted by molar-refractivity contribution is 0.505. The second kappa shape index (κ2) is 5.44. The minimum atomic E-state index is -0.730. The molecule has 0 aromatic heterocycles. The maximum atomic E-state index is 13.1. The lowest BCUT2D eigenvalue weighted by Crippen LogP contribution is -2.05. The van der Waals surface area contributed by atoms with Crippen molar-refractivity contribution < 1.29 is 8.78 Å². The average Bonchev–Trinajstić information content (AvgIpc) is 2.31. The molecule has 2 rings (SSSR count). The second-order valence-electron chi connectivity index (χ2n) is 4.74. The molecule has 0 N–H and O–H groups in total. The van der Waals surface area contributed by atoms with Gasteiger partial charge in [-0.3, -0.25) is 0 Å². The van der Waals surface area contributed by atoms with Crippen LogP contribution in [0.1, 0.15) is 43.7 Å². The third kappa shape index (κ3) is 2.93. The summed E-state index contributed by atoms with van der Waals surface area (Å²) in [5.74, 6) is -1.45. The third-order valence-corrected chi connectivity index (χ3v) is 3.37. The van der Waals surface area contributed by atoms with Crippen molar-refractivity contribution in [3.8, 4) is 0 Å². The predicted octanol–water partition coefficient (Wildman–Crippen LogP) is 4.57. The van der Waals surface area contributed by atoms with Crippen LogP contribution in [0.2, 0.25) is 0 Å². The Labute approximate surface area is 101 Å². The van der Waals surface area contributed by atoms with Crippen molar-refractivity contribution in [2.45, 2.75) is 45.4 Å². The molecular weight excluding hydrogens is 218 g/mol. The number of benzene rings is 1. The summed E-state index contributed by atoms with van der Waals surface area (Å²) in [5, 5.41) is 0. The quantitative estimate of drug-likeness (QED) is 0.530. The Bertz CT molecular complexity index is 433. The predicted molar refractivity (Wildman–Crippen MR) is 66.0 cm³/mol. The van der Waals surface area contributed by atoms with Crippen LogP contribution in [0.4, 0.5) is 8.78 Å². The standard InChI is InChI=1S/C15H18F2/c1-2-3-4-5-11-6-7-12-9-14(16)15(17)10-13(12)8-11/h6,9-10H,2-5,7-8H2,1H3. The van der Waals surface area contributed by atoms with Crippen LogP contribution in [0, 0.1) is 11.6 Å². The second-order valence-corrected chi connectivity index (χ2v) is 4.74. The van der Waals surface area contributed by atoms with Crippen molar-refractivity contribution in [1.29, 1.82) is 0 Å². The van der Waals surface area contributed by atoms with Crippen LogP contribution in [0.25, 0.3) is 0 Å². The Hall–Kier alpha value is -1.18. The van der Waals surface area contributed by atoms with E-state index >= 15 is 0 Å². The van der Waals surface area contributed by atoms with Crippen LogP contribution < -0.4 is 0 Å². The molecule has 17 heavy (non-hydrogen) atoms. The molecule has 92 valence electrons. The zero-order valence-electron chi connectivity index (χ0n) is 10.2. The number of halogens is 2. The fourth-order valence-electron chi connectivity index (χ4n) is 2.35. The van der Waals surface area contributed by atoms with Gasteiger partial charge >= 0.3 is 0 Å². The maximum absolute atomic E-state index is 13.1. The van der Waals surface area contributed by atoms with Gasteiger partial charge in [0.05, 0.1) is 0 Å². The van der Waals surface area contributed by atoms with Crippen LogP contribution in [0.5, 0.6) is 0 Å². The first kappa shape index (κ1) is 12.3. The van der Waals surface area contributed by atoms with E-state index in [1.807, 2.05) is 0 Å². The summed E-state index contributed by atoms with van der Waals surface area (Å²) in [4.78, 5) is 0. The molecule has 1 aliphatic rings. The number of allylic oxidation sites excluding steroid dienone is 2. The normalized spacial score (nSPS) is 14.4. The SMILES string of the molecule is CCCCCC1=CCc2cc(F)c(F)cc2C1. The number of rotatable bonds is 4. The van der Waals surface area contributed by atoms with Crippen molar-refractivity contribution in [2.24, 2.45) is 0 Å². The first-order chi connectivity index (χ1) is 8.20. The Morgan fingerprint density at radius 2 is 1.76 bits per heavy atom. The van der Waals surface area contributed by atoms with Gasteiger partial charge in [0.25, 0.3) is 0 Å². The molecule has 1 aromatic carbocycles. The Kier molecular flexibility index (Phi) is 3.93. The summed E-state index contributed by atoms with van der Waals surface area (Å²) >= 11 is 0. The fourth-order valence-corrected chi connectivity index (χ4v) is 2.35. The van der Waals surface area contributed by atoms with E-state index in [1.165, 1.54) is 37.0 Å². The molecule has 0 radical (unpaired) electrons. The molecule has 2 heteroatoms. The zero-order valence-corrected chi connectivity index (χ0v) is 10.2. The van der Waals surface area contributed by atoms with Crippen molar-refractivity contribution in [1.82, 2.24) is 0 Å². The van der Waals surface area contributed by atoms with Gasteiger partial charge in [0.15, 0.2) is 11.6 Å². The lowest BCUT2D eigenvalue weighted by Gasteiger charge is -2.17. The largest absolute Gasteiger partial charge is 0.204 e. The fraction of sp³-hybridized carbons (Fsp3) is 0.467. The zero-order chi connectivity index (χ0) is 12.3. The van der Waals surface area contributed by atoms with Crippen LogP contribution in [0.3, 0.4) is 0 Å². The van der Waals surface area contributed by atoms with Gasteiger partial charge in [-0.2, -0.15) is 0 Å². The minimum absolute atomic E-state index is 0.724. The summed E-state index contributed by atoms with van der Waals surface area (Å²) in [7, 11) is 0. The van der Waals surface area contributed by atoms with E-state index in [-0.39, 0.29) is 0 Å². The molecule has 0 unspecified atom stereocenters. The van der Waals surface area contributed by atoms with E-state index in [1.54, 1.807) is 0 Å². The Balaban J connectivity index is 2.05. The molecule has 0 spiro atoms. The smallest absolute Gasteiger partial charge is 0.159 e. The van der Waals surface area contributed by atoms with Gasteiger partial charge in [-0.15, -0.1) is 0 Å². The number of fused-ring (bicyclic) bond motifs is 1. The summed E-state index contributed by atoms with van der Waals surface area (Å²) < 4.78 is 26.2. The highest BCUT2D eigenvalue weighted by Gasteiger charge is 2.14. The van der Waals surface area contributed by atoms with E-state index in [0.717, 1.165) is 30.4 Å². The molecule has 0 heterocycles. The van der Waals surface area contributed by atoms with Gasteiger partial charge in [-0.25, -0.2) is 8.78 Å². The minimum Gasteiger partial charge on any atom is -0.204 e. The Morgan fingerprint density at radius 1 is 1.06 bits per heavy atom. The highest BCUT2D eigenvalue weighted by Crippen LogP contribution is 2.26. The molecular formula is C15H18F2. The van der Waals surface area contributed by atoms with Gasteiger partial charge in [-0.1, -0.05) is 31.4 Å². The molecule has 0 amide bonds. The number of hydrogen-bond donors (Lipinski definition) is 0. The van der Waals surface area contributed by atoms with Gasteiger partial charge in [0.1, 0.15) is 0 Å². The summed E-state index contributed by atoms with van der Waals surface area (Å²) in [6.07, 6.45) is 8.44. The lowest BCUT2D eigenvalue weighted by atomic mass is 9.89. The first-order valence-electron chi connectivity index (χ1n) is 6.35. The van der Waals surface area contributed by atoms with E-state index in [9.17, 15) is 8.78 Å². The molecule has 0 saturated carbocycles. The molecule has 1 aromatic rings. The first-order valence-corrected chi connectivity index (χ1v) is 6.35. The summed E-state index contributed by atoms with van der Waals surface area (Å²) in [6.45, 7) is 2.18. The molecule has 0 saturated heterocycles.